The lowest BCUT2D eigenvalue weighted by molar-refractivity contribution is -0.941. The highest BCUT2D eigenvalue weighted by Gasteiger charge is 2.68. The molecule has 4 aliphatic rings. The van der Waals surface area contributed by atoms with E-state index in [0.29, 0.717) is 12.0 Å². The molecule has 2 bridgehead atoms. The third kappa shape index (κ3) is 1.91. The third-order valence-electron chi connectivity index (χ3n) is 7.53. The maximum Gasteiger partial charge on any atom is 0.148 e. The van der Waals surface area contributed by atoms with E-state index in [1.807, 2.05) is 0 Å². The number of carbonyl (C=O) groups excluding carboxylic acids is 1. The molecule has 4 heteroatoms. The number of halogens is 1. The van der Waals surface area contributed by atoms with Crippen LogP contribution in [0.2, 0.25) is 0 Å². The Hall–Kier alpha value is -1.58. The van der Waals surface area contributed by atoms with Crippen LogP contribution in [0.1, 0.15) is 38.7 Å². The SMILES string of the molecule is CC=C1C[N+]2(CCC)CCC34C(=C(C=O)C1CC32)Nc1ccccc14.[Cl-]. The normalized spacial score (nSPS) is 37.7. The van der Waals surface area contributed by atoms with E-state index in [-0.39, 0.29) is 17.8 Å². The van der Waals surface area contributed by atoms with E-state index in [1.165, 1.54) is 46.5 Å². The van der Waals surface area contributed by atoms with Crippen molar-refractivity contribution in [2.45, 2.75) is 44.6 Å². The fraction of sp³-hybridized carbons (Fsp3) is 0.500. The average Bonchev–Trinajstić information content (AvgIpc) is 3.16. The molecule has 1 aromatic rings. The summed E-state index contributed by atoms with van der Waals surface area (Å²) in [6, 6.07) is 9.36. The fourth-order valence-electron chi connectivity index (χ4n) is 6.68. The van der Waals surface area contributed by atoms with E-state index in [0.717, 1.165) is 31.2 Å². The number of fused-ring (bicyclic) bond motifs is 2. The smallest absolute Gasteiger partial charge is 0.148 e. The first-order valence-corrected chi connectivity index (χ1v) is 9.77. The van der Waals surface area contributed by atoms with Gasteiger partial charge in [-0.15, -0.1) is 0 Å². The maximum atomic E-state index is 12.2. The Kier molecular flexibility index (Phi) is 4.09. The van der Waals surface area contributed by atoms with Crippen molar-refractivity contribution in [2.75, 3.05) is 25.0 Å². The number of rotatable bonds is 3. The molecule has 3 heterocycles. The van der Waals surface area contributed by atoms with Crippen molar-refractivity contribution in [1.29, 1.82) is 0 Å². The molecule has 1 N–H and O–H groups in total. The van der Waals surface area contributed by atoms with Gasteiger partial charge in [0.1, 0.15) is 18.9 Å². The molecule has 5 rings (SSSR count). The Bertz CT molecular complexity index is 829. The summed E-state index contributed by atoms with van der Waals surface area (Å²) in [5, 5.41) is 3.70. The maximum absolute atomic E-state index is 12.2. The van der Waals surface area contributed by atoms with Gasteiger partial charge < -0.3 is 22.2 Å². The predicted octanol–water partition coefficient (Wildman–Crippen LogP) is 0.786. The molecule has 1 aliphatic carbocycles. The zero-order chi connectivity index (χ0) is 17.2. The molecule has 0 aromatic heterocycles. The van der Waals surface area contributed by atoms with Crippen molar-refractivity contribution in [3.63, 3.8) is 0 Å². The molecule has 2 saturated heterocycles. The molecule has 4 atom stereocenters. The number of hydrogen-bond acceptors (Lipinski definition) is 2. The molecule has 138 valence electrons. The minimum atomic E-state index is 0. The number of nitrogens with zero attached hydrogens (tertiary/aromatic N) is 1. The number of allylic oxidation sites excluding steroid dienone is 2. The second-order valence-corrected chi connectivity index (χ2v) is 8.33. The topological polar surface area (TPSA) is 29.1 Å². The van der Waals surface area contributed by atoms with Gasteiger partial charge in [-0.05, 0) is 30.5 Å². The van der Waals surface area contributed by atoms with Crippen molar-refractivity contribution in [3.8, 4) is 0 Å². The Labute approximate surface area is 162 Å². The first-order valence-electron chi connectivity index (χ1n) is 9.77. The standard InChI is InChI=1S/C22H26N2O.ClH/c1-3-10-24-11-9-22-18-7-5-6-8-19(18)23-21(22)17(14-25)16(12-20(22)24)15(4-2)13-24;/h4-8,14,16,20H,3,9-13H2,1-2H3;1H. The van der Waals surface area contributed by atoms with Crippen molar-refractivity contribution in [1.82, 2.24) is 0 Å². The Balaban J connectivity index is 0.00000168. The van der Waals surface area contributed by atoms with Gasteiger partial charge in [-0.1, -0.05) is 31.2 Å². The molecule has 3 nitrogen and oxygen atoms in total. The molecule has 0 saturated carbocycles. The highest BCUT2D eigenvalue weighted by Crippen LogP contribution is 2.63. The van der Waals surface area contributed by atoms with Crippen LogP contribution in [0.25, 0.3) is 0 Å². The lowest BCUT2D eigenvalue weighted by Gasteiger charge is -2.53. The largest absolute Gasteiger partial charge is 1.00 e. The van der Waals surface area contributed by atoms with Gasteiger partial charge in [0.05, 0.1) is 18.5 Å². The number of anilines is 1. The van der Waals surface area contributed by atoms with Crippen LogP contribution in [-0.4, -0.2) is 36.4 Å². The lowest BCUT2D eigenvalue weighted by atomic mass is 9.61. The Morgan fingerprint density at radius 3 is 2.88 bits per heavy atom. The highest BCUT2D eigenvalue weighted by molar-refractivity contribution is 5.84. The van der Waals surface area contributed by atoms with Gasteiger partial charge >= 0.3 is 0 Å². The second kappa shape index (κ2) is 5.97. The summed E-state index contributed by atoms with van der Waals surface area (Å²) in [5.41, 5.74) is 6.44. The Morgan fingerprint density at radius 1 is 1.35 bits per heavy atom. The number of quaternary nitrogens is 1. The van der Waals surface area contributed by atoms with Crippen LogP contribution in [0.4, 0.5) is 5.69 Å². The van der Waals surface area contributed by atoms with E-state index in [1.54, 1.807) is 0 Å². The zero-order valence-corrected chi connectivity index (χ0v) is 16.4. The van der Waals surface area contributed by atoms with Gasteiger partial charge in [-0.3, -0.25) is 4.79 Å². The zero-order valence-electron chi connectivity index (χ0n) is 15.6. The minimum absolute atomic E-state index is 0. The van der Waals surface area contributed by atoms with Gasteiger partial charge in [0.15, 0.2) is 0 Å². The predicted molar refractivity (Wildman–Crippen MR) is 100 cm³/mol. The minimum Gasteiger partial charge on any atom is -1.00 e. The third-order valence-corrected chi connectivity index (χ3v) is 7.53. The molecule has 4 unspecified atom stereocenters. The van der Waals surface area contributed by atoms with Gasteiger partial charge in [0.2, 0.25) is 0 Å². The molecule has 1 aromatic carbocycles. The number of aldehydes is 1. The van der Waals surface area contributed by atoms with E-state index in [4.69, 9.17) is 0 Å². The number of nitrogens with one attached hydrogen (secondary N) is 1. The second-order valence-electron chi connectivity index (χ2n) is 8.33. The molecule has 1 spiro atoms. The monoisotopic (exact) mass is 370 g/mol. The van der Waals surface area contributed by atoms with Gasteiger partial charge in [-0.2, -0.15) is 0 Å². The summed E-state index contributed by atoms with van der Waals surface area (Å²) in [5.74, 6) is 0.318. The molecule has 0 radical (unpaired) electrons. The number of piperidine rings is 1. The van der Waals surface area contributed by atoms with E-state index < -0.39 is 0 Å². The summed E-state index contributed by atoms with van der Waals surface area (Å²) >= 11 is 0. The fourth-order valence-corrected chi connectivity index (χ4v) is 6.68. The lowest BCUT2D eigenvalue weighted by Crippen LogP contribution is -3.00. The van der Waals surface area contributed by atoms with Crippen molar-refractivity contribution in [3.05, 3.63) is 52.7 Å². The van der Waals surface area contributed by atoms with Crippen LogP contribution in [0.3, 0.4) is 0 Å². The number of carbonyl (C=O) groups is 1. The van der Waals surface area contributed by atoms with E-state index >= 15 is 0 Å². The van der Waals surface area contributed by atoms with Crippen molar-refractivity contribution < 1.29 is 21.7 Å². The van der Waals surface area contributed by atoms with Crippen LogP contribution >= 0.6 is 0 Å². The molecule has 26 heavy (non-hydrogen) atoms. The van der Waals surface area contributed by atoms with Gasteiger partial charge in [0, 0.05) is 35.7 Å². The number of benzene rings is 1. The molecular weight excluding hydrogens is 344 g/mol. The quantitative estimate of drug-likeness (QED) is 0.484. The van der Waals surface area contributed by atoms with Gasteiger partial charge in [-0.25, -0.2) is 0 Å². The summed E-state index contributed by atoms with van der Waals surface area (Å²) in [6.07, 6.45) is 6.96. The van der Waals surface area contributed by atoms with Crippen LogP contribution in [-0.2, 0) is 10.2 Å². The van der Waals surface area contributed by atoms with Crippen molar-refractivity contribution >= 4 is 12.0 Å². The molecule has 2 fully saturated rings. The Morgan fingerprint density at radius 2 is 2.15 bits per heavy atom. The molecule has 3 aliphatic heterocycles. The summed E-state index contributed by atoms with van der Waals surface area (Å²) in [6.45, 7) is 8.08. The average molecular weight is 371 g/mol. The molecular formula is C22H27ClN2O. The van der Waals surface area contributed by atoms with Crippen LogP contribution in [0, 0.1) is 5.92 Å². The first kappa shape index (κ1) is 17.8. The summed E-state index contributed by atoms with van der Waals surface area (Å²) < 4.78 is 1.22. The van der Waals surface area contributed by atoms with Gasteiger partial charge in [0.25, 0.3) is 0 Å². The van der Waals surface area contributed by atoms with E-state index in [9.17, 15) is 4.79 Å². The highest BCUT2D eigenvalue weighted by atomic mass is 35.5. The van der Waals surface area contributed by atoms with Crippen molar-refractivity contribution in [2.24, 2.45) is 5.92 Å². The molecule has 0 amide bonds. The summed E-state index contributed by atoms with van der Waals surface area (Å²) in [7, 11) is 0. The number of para-hydroxylation sites is 1. The van der Waals surface area contributed by atoms with E-state index in [2.05, 4.69) is 49.5 Å². The number of hydrogen-bond donors (Lipinski definition) is 1. The van der Waals surface area contributed by atoms with Crippen LogP contribution in [0.5, 0.6) is 0 Å². The first-order chi connectivity index (χ1) is 12.2. The summed E-state index contributed by atoms with van der Waals surface area (Å²) in [4.78, 5) is 12.2. The van der Waals surface area contributed by atoms with Crippen LogP contribution in [0.15, 0.2) is 47.2 Å². The van der Waals surface area contributed by atoms with Crippen LogP contribution < -0.4 is 17.7 Å².